The highest BCUT2D eigenvalue weighted by Gasteiger charge is 2.39. The Labute approximate surface area is 203 Å². The Kier molecular flexibility index (Phi) is 7.54. The maximum Gasteiger partial charge on any atom is 0.247 e. The zero-order valence-electron chi connectivity index (χ0n) is 19.5. The van der Waals surface area contributed by atoms with Gasteiger partial charge in [0, 0.05) is 31.3 Å². The topological polar surface area (TPSA) is 85.7 Å². The molecule has 2 amide bonds. The summed E-state index contributed by atoms with van der Waals surface area (Å²) < 4.78 is 12.5. The molecule has 0 unspecified atom stereocenters. The summed E-state index contributed by atoms with van der Waals surface area (Å²) in [5.41, 5.74) is 3.19. The van der Waals surface area contributed by atoms with Crippen LogP contribution in [0, 0.1) is 6.92 Å². The van der Waals surface area contributed by atoms with Gasteiger partial charge in [-0.1, -0.05) is 48.2 Å². The highest BCUT2D eigenvalue weighted by Crippen LogP contribution is 2.38. The van der Waals surface area contributed by atoms with Crippen LogP contribution in [0.1, 0.15) is 22.9 Å². The number of aryl methyl sites for hydroxylation is 1. The molecule has 4 rings (SSSR count). The molecule has 1 aromatic heterocycles. The molecule has 0 fully saturated rings. The van der Waals surface area contributed by atoms with Crippen LogP contribution in [0.3, 0.4) is 0 Å². The Balaban J connectivity index is 1.73. The van der Waals surface area contributed by atoms with Crippen molar-refractivity contribution in [2.24, 2.45) is 0 Å². The second kappa shape index (κ2) is 10.8. The van der Waals surface area contributed by atoms with Crippen molar-refractivity contribution in [3.05, 3.63) is 71.4 Å². The van der Waals surface area contributed by atoms with Gasteiger partial charge in [0.2, 0.25) is 11.8 Å². The van der Waals surface area contributed by atoms with Crippen LogP contribution in [-0.2, 0) is 20.9 Å². The van der Waals surface area contributed by atoms with Crippen LogP contribution in [0.5, 0.6) is 5.75 Å². The smallest absolute Gasteiger partial charge is 0.247 e. The van der Waals surface area contributed by atoms with Gasteiger partial charge in [-0.25, -0.2) is 4.68 Å². The number of hydrogen-bond donors (Lipinski definition) is 1. The number of thioether (sulfide) groups is 1. The van der Waals surface area contributed by atoms with Gasteiger partial charge in [-0.05, 0) is 25.1 Å². The van der Waals surface area contributed by atoms with Gasteiger partial charge in [-0.3, -0.25) is 9.59 Å². The molecule has 1 aliphatic heterocycles. The molecule has 0 saturated heterocycles. The first-order valence-corrected chi connectivity index (χ1v) is 12.0. The van der Waals surface area contributed by atoms with Crippen molar-refractivity contribution >= 4 is 23.6 Å². The van der Waals surface area contributed by atoms with Gasteiger partial charge >= 0.3 is 0 Å². The molecule has 9 heteroatoms. The molecule has 0 bridgehead atoms. The number of amides is 2. The van der Waals surface area contributed by atoms with Crippen molar-refractivity contribution in [1.82, 2.24) is 20.0 Å². The monoisotopic (exact) mass is 480 g/mol. The van der Waals surface area contributed by atoms with Gasteiger partial charge in [0.1, 0.15) is 16.8 Å². The zero-order chi connectivity index (χ0) is 24.1. The average Bonchev–Trinajstić information content (AvgIpc) is 3.11. The average molecular weight is 481 g/mol. The van der Waals surface area contributed by atoms with Gasteiger partial charge < -0.3 is 19.7 Å². The lowest BCUT2D eigenvalue weighted by atomic mass is 10.0. The Hall–Kier alpha value is -3.30. The third-order valence-corrected chi connectivity index (χ3v) is 6.79. The molecule has 0 saturated carbocycles. The first kappa shape index (κ1) is 23.8. The first-order valence-electron chi connectivity index (χ1n) is 11.0. The number of nitrogens with one attached hydrogen (secondary N) is 1. The molecule has 178 valence electrons. The molecular formula is C25H28N4O4S. The van der Waals surface area contributed by atoms with E-state index in [0.717, 1.165) is 21.8 Å². The number of nitrogens with zero attached hydrogens (tertiary/aromatic N) is 3. The van der Waals surface area contributed by atoms with E-state index in [1.165, 1.54) is 11.8 Å². The predicted octanol–water partition coefficient (Wildman–Crippen LogP) is 3.13. The van der Waals surface area contributed by atoms with Gasteiger partial charge in [0.25, 0.3) is 0 Å². The Morgan fingerprint density at radius 1 is 1.15 bits per heavy atom. The van der Waals surface area contributed by atoms with E-state index in [1.54, 1.807) is 19.1 Å². The van der Waals surface area contributed by atoms with Gasteiger partial charge in [-0.2, -0.15) is 5.10 Å². The van der Waals surface area contributed by atoms with Crippen LogP contribution in [-0.4, -0.2) is 59.6 Å². The standard InChI is InChI=1S/C25H28N4O4S/c1-17-22-23(24(31)26-15-18-9-7-8-12-20(18)33-3)28(13-14-32-2)21(30)16-34-25(22)29(27-17)19-10-5-4-6-11-19/h4-12,23H,13-16H2,1-3H3,(H,26,31)/t23-/m0/s1. The number of carbonyl (C=O) groups excluding carboxylic acids is 2. The zero-order valence-corrected chi connectivity index (χ0v) is 20.3. The second-order valence-corrected chi connectivity index (χ2v) is 8.82. The molecule has 2 heterocycles. The van der Waals surface area contributed by atoms with E-state index in [0.29, 0.717) is 24.6 Å². The Bertz CT molecular complexity index is 1160. The molecule has 0 radical (unpaired) electrons. The molecule has 1 aliphatic rings. The van der Waals surface area contributed by atoms with Crippen molar-refractivity contribution < 1.29 is 19.1 Å². The van der Waals surface area contributed by atoms with Gasteiger partial charge in [0.05, 0.1) is 30.9 Å². The van der Waals surface area contributed by atoms with E-state index in [2.05, 4.69) is 5.32 Å². The largest absolute Gasteiger partial charge is 0.496 e. The summed E-state index contributed by atoms with van der Waals surface area (Å²) in [6, 6.07) is 16.4. The molecule has 0 aliphatic carbocycles. The van der Waals surface area contributed by atoms with Crippen LogP contribution < -0.4 is 10.1 Å². The summed E-state index contributed by atoms with van der Waals surface area (Å²) in [6.45, 7) is 2.79. The normalized spacial score (nSPS) is 15.6. The maximum absolute atomic E-state index is 13.7. The fourth-order valence-corrected chi connectivity index (χ4v) is 5.18. The predicted molar refractivity (Wildman–Crippen MR) is 130 cm³/mol. The summed E-state index contributed by atoms with van der Waals surface area (Å²) >= 11 is 1.41. The molecular weight excluding hydrogens is 452 g/mol. The molecule has 8 nitrogen and oxygen atoms in total. The number of rotatable bonds is 8. The molecule has 0 spiro atoms. The fourth-order valence-electron chi connectivity index (χ4n) is 4.07. The number of para-hydroxylation sites is 2. The Morgan fingerprint density at radius 3 is 2.62 bits per heavy atom. The third kappa shape index (κ3) is 4.80. The van der Waals surface area contributed by atoms with E-state index in [-0.39, 0.29) is 24.1 Å². The van der Waals surface area contributed by atoms with Crippen molar-refractivity contribution in [3.63, 3.8) is 0 Å². The highest BCUT2D eigenvalue weighted by molar-refractivity contribution is 8.00. The minimum Gasteiger partial charge on any atom is -0.496 e. The SMILES string of the molecule is COCCN1C(=O)CSc2c(c(C)nn2-c2ccccc2)[C@H]1C(=O)NCc1ccccc1OC. The summed E-state index contributed by atoms with van der Waals surface area (Å²) in [5.74, 6) is 0.523. The van der Waals surface area contributed by atoms with Gasteiger partial charge in [-0.15, -0.1) is 0 Å². The second-order valence-electron chi connectivity index (χ2n) is 7.85. The van der Waals surface area contributed by atoms with E-state index >= 15 is 0 Å². The van der Waals surface area contributed by atoms with Gasteiger partial charge in [0.15, 0.2) is 0 Å². The van der Waals surface area contributed by atoms with Crippen molar-refractivity contribution in [3.8, 4) is 11.4 Å². The summed E-state index contributed by atoms with van der Waals surface area (Å²) in [4.78, 5) is 28.4. The summed E-state index contributed by atoms with van der Waals surface area (Å²) in [7, 11) is 3.18. The summed E-state index contributed by atoms with van der Waals surface area (Å²) in [5, 5.41) is 8.56. The number of hydrogen-bond acceptors (Lipinski definition) is 6. The van der Waals surface area contributed by atoms with Crippen molar-refractivity contribution in [2.75, 3.05) is 33.1 Å². The number of carbonyl (C=O) groups is 2. The van der Waals surface area contributed by atoms with Crippen molar-refractivity contribution in [1.29, 1.82) is 0 Å². The Morgan fingerprint density at radius 2 is 1.88 bits per heavy atom. The van der Waals surface area contributed by atoms with Crippen LogP contribution in [0.4, 0.5) is 0 Å². The number of ether oxygens (including phenoxy) is 2. The van der Waals surface area contributed by atoms with E-state index in [4.69, 9.17) is 14.6 Å². The third-order valence-electron chi connectivity index (χ3n) is 5.73. The fraction of sp³-hybridized carbons (Fsp3) is 0.320. The lowest BCUT2D eigenvalue weighted by molar-refractivity contribution is -0.139. The lowest BCUT2D eigenvalue weighted by Crippen LogP contribution is -2.45. The maximum atomic E-state index is 13.7. The van der Waals surface area contributed by atoms with Crippen LogP contribution >= 0.6 is 11.8 Å². The number of fused-ring (bicyclic) bond motifs is 1. The molecule has 3 aromatic rings. The highest BCUT2D eigenvalue weighted by atomic mass is 32.2. The van der Waals surface area contributed by atoms with Crippen LogP contribution in [0.25, 0.3) is 5.69 Å². The number of benzene rings is 2. The number of aromatic nitrogens is 2. The summed E-state index contributed by atoms with van der Waals surface area (Å²) in [6.07, 6.45) is 0. The van der Waals surface area contributed by atoms with Crippen LogP contribution in [0.2, 0.25) is 0 Å². The number of methoxy groups -OCH3 is 2. The molecule has 1 atom stereocenters. The molecule has 2 aromatic carbocycles. The molecule has 34 heavy (non-hydrogen) atoms. The van der Waals surface area contributed by atoms with Crippen molar-refractivity contribution in [2.45, 2.75) is 24.5 Å². The lowest BCUT2D eigenvalue weighted by Gasteiger charge is -2.29. The minimum atomic E-state index is -0.820. The van der Waals surface area contributed by atoms with Crippen LogP contribution in [0.15, 0.2) is 59.6 Å². The molecule has 1 N–H and O–H groups in total. The van der Waals surface area contributed by atoms with E-state index < -0.39 is 6.04 Å². The first-order chi connectivity index (χ1) is 16.5. The van der Waals surface area contributed by atoms with E-state index in [9.17, 15) is 9.59 Å². The minimum absolute atomic E-state index is 0.116. The van der Waals surface area contributed by atoms with E-state index in [1.807, 2.05) is 66.2 Å². The quantitative estimate of drug-likeness (QED) is 0.533.